The smallest absolute Gasteiger partial charge is 0.129 e. The Morgan fingerprint density at radius 1 is 1.00 bits per heavy atom. The molecule has 0 aliphatic rings. The highest BCUT2D eigenvalue weighted by Crippen LogP contribution is 2.24. The Hall–Kier alpha value is -2.55. The Balaban J connectivity index is 1.86. The SMILES string of the molecule is Nc1cccc(COc2cccc3ncccc23)c1. The average molecular weight is 250 g/mol. The van der Waals surface area contributed by atoms with E-state index in [0.29, 0.717) is 6.61 Å². The summed E-state index contributed by atoms with van der Waals surface area (Å²) in [7, 11) is 0. The molecule has 0 aliphatic carbocycles. The highest BCUT2D eigenvalue weighted by molar-refractivity contribution is 5.84. The van der Waals surface area contributed by atoms with Crippen molar-refractivity contribution in [1.29, 1.82) is 0 Å². The van der Waals surface area contributed by atoms with Crippen LogP contribution in [0.4, 0.5) is 5.69 Å². The molecule has 0 amide bonds. The molecule has 0 saturated carbocycles. The van der Waals surface area contributed by atoms with Crippen LogP contribution in [0.25, 0.3) is 10.9 Å². The maximum atomic E-state index is 5.86. The molecule has 1 aromatic heterocycles. The van der Waals surface area contributed by atoms with Gasteiger partial charge in [-0.25, -0.2) is 0 Å². The number of hydrogen-bond acceptors (Lipinski definition) is 3. The summed E-state index contributed by atoms with van der Waals surface area (Å²) in [6, 6.07) is 17.5. The molecule has 0 unspecified atom stereocenters. The number of anilines is 1. The van der Waals surface area contributed by atoms with Gasteiger partial charge in [-0.05, 0) is 42.0 Å². The minimum Gasteiger partial charge on any atom is -0.488 e. The van der Waals surface area contributed by atoms with Crippen LogP contribution in [0, 0.1) is 0 Å². The third-order valence-electron chi connectivity index (χ3n) is 2.95. The largest absolute Gasteiger partial charge is 0.488 e. The van der Waals surface area contributed by atoms with E-state index in [0.717, 1.165) is 27.9 Å². The fraction of sp³-hybridized carbons (Fsp3) is 0.0625. The van der Waals surface area contributed by atoms with Gasteiger partial charge in [0.25, 0.3) is 0 Å². The van der Waals surface area contributed by atoms with Crippen LogP contribution in [0.2, 0.25) is 0 Å². The van der Waals surface area contributed by atoms with Gasteiger partial charge in [-0.2, -0.15) is 0 Å². The third kappa shape index (κ3) is 2.50. The molecular formula is C16H14N2O. The Kier molecular flexibility index (Phi) is 3.02. The van der Waals surface area contributed by atoms with Gasteiger partial charge in [-0.3, -0.25) is 4.98 Å². The van der Waals surface area contributed by atoms with Crippen LogP contribution < -0.4 is 10.5 Å². The second kappa shape index (κ2) is 4.98. The predicted molar refractivity (Wildman–Crippen MR) is 76.9 cm³/mol. The summed E-state index contributed by atoms with van der Waals surface area (Å²) in [6.45, 7) is 0.499. The fourth-order valence-electron chi connectivity index (χ4n) is 2.04. The Bertz CT molecular complexity index is 704. The number of ether oxygens (including phenoxy) is 1. The highest BCUT2D eigenvalue weighted by Gasteiger charge is 2.02. The van der Waals surface area contributed by atoms with Crippen LogP contribution >= 0.6 is 0 Å². The second-order valence-corrected chi connectivity index (χ2v) is 4.36. The van der Waals surface area contributed by atoms with Crippen LogP contribution in [0.15, 0.2) is 60.8 Å². The van der Waals surface area contributed by atoms with Gasteiger partial charge < -0.3 is 10.5 Å². The second-order valence-electron chi connectivity index (χ2n) is 4.36. The highest BCUT2D eigenvalue weighted by atomic mass is 16.5. The molecule has 19 heavy (non-hydrogen) atoms. The number of benzene rings is 2. The zero-order valence-corrected chi connectivity index (χ0v) is 10.4. The first-order valence-corrected chi connectivity index (χ1v) is 6.14. The van der Waals surface area contributed by atoms with Crippen LogP contribution in [-0.4, -0.2) is 4.98 Å². The quantitative estimate of drug-likeness (QED) is 0.725. The lowest BCUT2D eigenvalue weighted by molar-refractivity contribution is 0.310. The number of nitrogens with two attached hydrogens (primary N) is 1. The van der Waals surface area contributed by atoms with Crippen LogP contribution in [0.5, 0.6) is 5.75 Å². The number of nitrogen functional groups attached to an aromatic ring is 1. The molecule has 0 spiro atoms. The molecular weight excluding hydrogens is 236 g/mol. The van der Waals surface area contributed by atoms with Crippen molar-refractivity contribution in [2.45, 2.75) is 6.61 Å². The predicted octanol–water partition coefficient (Wildman–Crippen LogP) is 3.40. The van der Waals surface area contributed by atoms with Gasteiger partial charge in [0.05, 0.1) is 5.52 Å². The standard InChI is InChI=1S/C16H14N2O/c17-13-5-1-4-12(10-13)11-19-16-8-2-7-15-14(16)6-3-9-18-15/h1-10H,11,17H2. The van der Waals surface area contributed by atoms with Crippen molar-refractivity contribution in [3.63, 3.8) is 0 Å². The lowest BCUT2D eigenvalue weighted by atomic mass is 10.2. The first-order chi connectivity index (χ1) is 9.33. The van der Waals surface area contributed by atoms with Crippen molar-refractivity contribution in [3.05, 3.63) is 66.4 Å². The van der Waals surface area contributed by atoms with Crippen molar-refractivity contribution in [1.82, 2.24) is 4.98 Å². The Labute approximate surface area is 111 Å². The molecule has 0 saturated heterocycles. The topological polar surface area (TPSA) is 48.1 Å². The molecule has 0 bridgehead atoms. The monoisotopic (exact) mass is 250 g/mol. The van der Waals surface area contributed by atoms with E-state index in [2.05, 4.69) is 4.98 Å². The fourth-order valence-corrected chi connectivity index (χ4v) is 2.04. The average Bonchev–Trinajstić information content (AvgIpc) is 2.45. The molecule has 94 valence electrons. The lowest BCUT2D eigenvalue weighted by Crippen LogP contribution is -1.97. The summed E-state index contributed by atoms with van der Waals surface area (Å²) >= 11 is 0. The number of pyridine rings is 1. The Morgan fingerprint density at radius 2 is 1.89 bits per heavy atom. The zero-order chi connectivity index (χ0) is 13.1. The summed E-state index contributed by atoms with van der Waals surface area (Å²) in [6.07, 6.45) is 1.78. The van der Waals surface area contributed by atoms with Crippen molar-refractivity contribution in [2.75, 3.05) is 5.73 Å². The molecule has 0 fully saturated rings. The van der Waals surface area contributed by atoms with E-state index < -0.39 is 0 Å². The maximum absolute atomic E-state index is 5.86. The molecule has 0 aliphatic heterocycles. The van der Waals surface area contributed by atoms with Gasteiger partial charge in [-0.15, -0.1) is 0 Å². The normalized spacial score (nSPS) is 10.5. The van der Waals surface area contributed by atoms with E-state index in [9.17, 15) is 0 Å². The Morgan fingerprint density at radius 3 is 2.79 bits per heavy atom. The minimum absolute atomic E-state index is 0.499. The van der Waals surface area contributed by atoms with Crippen LogP contribution in [0.1, 0.15) is 5.56 Å². The molecule has 2 aromatic carbocycles. The summed E-state index contributed by atoms with van der Waals surface area (Å²) in [5.74, 6) is 0.841. The molecule has 2 N–H and O–H groups in total. The van der Waals surface area contributed by atoms with Crippen molar-refractivity contribution >= 4 is 16.6 Å². The van der Waals surface area contributed by atoms with E-state index >= 15 is 0 Å². The number of fused-ring (bicyclic) bond motifs is 1. The molecule has 3 heteroatoms. The van der Waals surface area contributed by atoms with E-state index in [1.54, 1.807) is 6.20 Å². The van der Waals surface area contributed by atoms with E-state index in [4.69, 9.17) is 10.5 Å². The lowest BCUT2D eigenvalue weighted by Gasteiger charge is -2.09. The number of nitrogens with zero attached hydrogens (tertiary/aromatic N) is 1. The molecule has 0 atom stereocenters. The van der Waals surface area contributed by atoms with Gasteiger partial charge in [0.15, 0.2) is 0 Å². The zero-order valence-electron chi connectivity index (χ0n) is 10.4. The molecule has 3 rings (SSSR count). The summed E-state index contributed by atoms with van der Waals surface area (Å²) in [4.78, 5) is 4.31. The van der Waals surface area contributed by atoms with Crippen molar-refractivity contribution < 1.29 is 4.74 Å². The van der Waals surface area contributed by atoms with E-state index in [1.165, 1.54) is 0 Å². The summed E-state index contributed by atoms with van der Waals surface area (Å²) in [5.41, 5.74) is 8.50. The van der Waals surface area contributed by atoms with Crippen molar-refractivity contribution in [2.24, 2.45) is 0 Å². The van der Waals surface area contributed by atoms with Gasteiger partial charge in [0.1, 0.15) is 12.4 Å². The number of rotatable bonds is 3. The summed E-state index contributed by atoms with van der Waals surface area (Å²) < 4.78 is 5.86. The van der Waals surface area contributed by atoms with Crippen LogP contribution in [0.3, 0.4) is 0 Å². The van der Waals surface area contributed by atoms with E-state index in [1.807, 2.05) is 54.6 Å². The van der Waals surface area contributed by atoms with Gasteiger partial charge in [-0.1, -0.05) is 18.2 Å². The first kappa shape index (κ1) is 11.5. The summed E-state index contributed by atoms with van der Waals surface area (Å²) in [5, 5.41) is 1.02. The van der Waals surface area contributed by atoms with Gasteiger partial charge in [0, 0.05) is 17.3 Å². The first-order valence-electron chi connectivity index (χ1n) is 6.14. The molecule has 0 radical (unpaired) electrons. The van der Waals surface area contributed by atoms with E-state index in [-0.39, 0.29) is 0 Å². The van der Waals surface area contributed by atoms with Gasteiger partial charge in [0.2, 0.25) is 0 Å². The maximum Gasteiger partial charge on any atom is 0.129 e. The minimum atomic E-state index is 0.499. The van der Waals surface area contributed by atoms with Crippen LogP contribution in [-0.2, 0) is 6.61 Å². The van der Waals surface area contributed by atoms with Gasteiger partial charge >= 0.3 is 0 Å². The third-order valence-corrected chi connectivity index (χ3v) is 2.95. The number of aromatic nitrogens is 1. The molecule has 3 nitrogen and oxygen atoms in total. The molecule has 1 heterocycles. The van der Waals surface area contributed by atoms with Crippen molar-refractivity contribution in [3.8, 4) is 5.75 Å². The molecule has 3 aromatic rings. The number of hydrogen-bond donors (Lipinski definition) is 1.